The quantitative estimate of drug-likeness (QED) is 0.728. The minimum Gasteiger partial charge on any atom is -0.232 e. The SMILES string of the molecule is N#Cc1ccc(C2(F)CCCCC2(F)F)cc1. The summed E-state index contributed by atoms with van der Waals surface area (Å²) in [6.07, 6.45) is 0.246. The van der Waals surface area contributed by atoms with E-state index in [9.17, 15) is 13.2 Å². The second kappa shape index (κ2) is 4.06. The highest BCUT2D eigenvalue weighted by molar-refractivity contribution is 5.35. The van der Waals surface area contributed by atoms with Gasteiger partial charge in [-0.05, 0) is 37.0 Å². The normalized spacial score (nSPS) is 27.4. The van der Waals surface area contributed by atoms with Crippen molar-refractivity contribution in [2.24, 2.45) is 0 Å². The summed E-state index contributed by atoms with van der Waals surface area (Å²) in [5.74, 6) is -3.32. The summed E-state index contributed by atoms with van der Waals surface area (Å²) in [6, 6.07) is 7.21. The summed E-state index contributed by atoms with van der Waals surface area (Å²) in [4.78, 5) is 0. The van der Waals surface area contributed by atoms with E-state index in [4.69, 9.17) is 5.26 Å². The van der Waals surface area contributed by atoms with Crippen molar-refractivity contribution in [3.05, 3.63) is 35.4 Å². The van der Waals surface area contributed by atoms with Crippen molar-refractivity contribution in [1.29, 1.82) is 5.26 Å². The number of benzene rings is 1. The van der Waals surface area contributed by atoms with Gasteiger partial charge in [0.05, 0.1) is 11.6 Å². The van der Waals surface area contributed by atoms with Crippen LogP contribution in [0.3, 0.4) is 0 Å². The number of rotatable bonds is 1. The predicted molar refractivity (Wildman–Crippen MR) is 57.4 cm³/mol. The Hall–Kier alpha value is -1.50. The van der Waals surface area contributed by atoms with Crippen molar-refractivity contribution in [3.63, 3.8) is 0 Å². The molecule has 0 bridgehead atoms. The summed E-state index contributed by atoms with van der Waals surface area (Å²) in [7, 11) is 0. The third-order valence-corrected chi connectivity index (χ3v) is 3.31. The first-order valence-electron chi connectivity index (χ1n) is 5.57. The van der Waals surface area contributed by atoms with Gasteiger partial charge in [-0.3, -0.25) is 0 Å². The monoisotopic (exact) mass is 239 g/mol. The molecular weight excluding hydrogens is 227 g/mol. The van der Waals surface area contributed by atoms with E-state index in [-0.39, 0.29) is 12.0 Å². The molecule has 0 N–H and O–H groups in total. The predicted octanol–water partition coefficient (Wildman–Crippen LogP) is 3.93. The van der Waals surface area contributed by atoms with E-state index in [0.717, 1.165) is 0 Å². The highest BCUT2D eigenvalue weighted by Crippen LogP contribution is 2.50. The van der Waals surface area contributed by atoms with Gasteiger partial charge < -0.3 is 0 Å². The molecule has 0 aliphatic heterocycles. The van der Waals surface area contributed by atoms with E-state index < -0.39 is 18.0 Å². The van der Waals surface area contributed by atoms with Gasteiger partial charge in [0, 0.05) is 6.42 Å². The van der Waals surface area contributed by atoms with Crippen LogP contribution in [0.5, 0.6) is 0 Å². The summed E-state index contributed by atoms with van der Waals surface area (Å²) >= 11 is 0. The molecule has 0 aromatic heterocycles. The summed E-state index contributed by atoms with van der Waals surface area (Å²) < 4.78 is 41.8. The molecule has 17 heavy (non-hydrogen) atoms. The molecule has 1 aromatic carbocycles. The van der Waals surface area contributed by atoms with Gasteiger partial charge in [0.1, 0.15) is 0 Å². The average molecular weight is 239 g/mol. The van der Waals surface area contributed by atoms with Crippen molar-refractivity contribution in [2.45, 2.75) is 37.3 Å². The molecule has 2 rings (SSSR count). The molecule has 0 radical (unpaired) electrons. The number of nitriles is 1. The molecule has 1 aliphatic carbocycles. The Kier molecular flexibility index (Phi) is 2.86. The van der Waals surface area contributed by atoms with Gasteiger partial charge in [0.2, 0.25) is 0 Å². The van der Waals surface area contributed by atoms with Gasteiger partial charge in [-0.15, -0.1) is 0 Å². The maximum Gasteiger partial charge on any atom is 0.285 e. The molecule has 1 nitrogen and oxygen atoms in total. The standard InChI is InChI=1S/C13H12F3N/c14-12(7-1-2-8-13(12,15)16)11-5-3-10(9-17)4-6-11/h3-6H,1-2,7-8H2. The molecule has 1 fully saturated rings. The lowest BCUT2D eigenvalue weighted by Gasteiger charge is -2.37. The summed E-state index contributed by atoms with van der Waals surface area (Å²) in [5.41, 5.74) is -2.27. The summed E-state index contributed by atoms with van der Waals surface area (Å²) in [6.45, 7) is 0. The molecule has 1 atom stereocenters. The Balaban J connectivity index is 2.39. The molecule has 1 unspecified atom stereocenters. The van der Waals surface area contributed by atoms with Crippen LogP contribution < -0.4 is 0 Å². The zero-order valence-electron chi connectivity index (χ0n) is 9.22. The number of alkyl halides is 3. The Morgan fingerprint density at radius 3 is 2.12 bits per heavy atom. The minimum absolute atomic E-state index is 0.0267. The van der Waals surface area contributed by atoms with Crippen LogP contribution in [0.4, 0.5) is 13.2 Å². The fourth-order valence-corrected chi connectivity index (χ4v) is 2.26. The van der Waals surface area contributed by atoms with Crippen LogP contribution in [0.2, 0.25) is 0 Å². The highest BCUT2D eigenvalue weighted by Gasteiger charge is 2.56. The second-order valence-electron chi connectivity index (χ2n) is 4.40. The number of hydrogen-bond acceptors (Lipinski definition) is 1. The van der Waals surface area contributed by atoms with E-state index in [1.165, 1.54) is 24.3 Å². The van der Waals surface area contributed by atoms with E-state index >= 15 is 0 Å². The van der Waals surface area contributed by atoms with E-state index in [1.807, 2.05) is 6.07 Å². The minimum atomic E-state index is -3.32. The van der Waals surface area contributed by atoms with Crippen molar-refractivity contribution in [1.82, 2.24) is 0 Å². The van der Waals surface area contributed by atoms with Crippen LogP contribution in [-0.2, 0) is 5.67 Å². The van der Waals surface area contributed by atoms with E-state index in [0.29, 0.717) is 18.4 Å². The average Bonchev–Trinajstić information content (AvgIpc) is 2.33. The number of nitrogens with zero attached hydrogens (tertiary/aromatic N) is 1. The molecular formula is C13H12F3N. The van der Waals surface area contributed by atoms with E-state index in [1.54, 1.807) is 0 Å². The fourth-order valence-electron chi connectivity index (χ4n) is 2.26. The first-order chi connectivity index (χ1) is 7.99. The molecule has 4 heteroatoms. The Labute approximate surface area is 97.9 Å². The van der Waals surface area contributed by atoms with E-state index in [2.05, 4.69) is 0 Å². The molecule has 0 spiro atoms. The molecule has 0 saturated heterocycles. The molecule has 90 valence electrons. The molecule has 1 aromatic rings. The molecule has 1 aliphatic rings. The van der Waals surface area contributed by atoms with Crippen LogP contribution in [0.25, 0.3) is 0 Å². The Morgan fingerprint density at radius 2 is 1.59 bits per heavy atom. The highest BCUT2D eigenvalue weighted by atomic mass is 19.3. The maximum atomic E-state index is 14.5. The van der Waals surface area contributed by atoms with Gasteiger partial charge in [0.25, 0.3) is 5.92 Å². The topological polar surface area (TPSA) is 23.8 Å². The molecule has 0 heterocycles. The zero-order valence-corrected chi connectivity index (χ0v) is 9.22. The lowest BCUT2D eigenvalue weighted by molar-refractivity contribution is -0.168. The maximum absolute atomic E-state index is 14.5. The van der Waals surface area contributed by atoms with Gasteiger partial charge >= 0.3 is 0 Å². The van der Waals surface area contributed by atoms with Crippen LogP contribution >= 0.6 is 0 Å². The van der Waals surface area contributed by atoms with Crippen molar-refractivity contribution in [2.75, 3.05) is 0 Å². The van der Waals surface area contributed by atoms with Gasteiger partial charge in [-0.1, -0.05) is 12.1 Å². The zero-order chi connectivity index (χ0) is 12.5. The molecule has 1 saturated carbocycles. The lowest BCUT2D eigenvalue weighted by atomic mass is 9.78. The lowest BCUT2D eigenvalue weighted by Crippen LogP contribution is -2.44. The third kappa shape index (κ3) is 1.90. The third-order valence-electron chi connectivity index (χ3n) is 3.31. The largest absolute Gasteiger partial charge is 0.285 e. The van der Waals surface area contributed by atoms with Crippen LogP contribution in [0.1, 0.15) is 36.8 Å². The van der Waals surface area contributed by atoms with Gasteiger partial charge in [-0.25, -0.2) is 13.2 Å². The molecule has 0 amide bonds. The van der Waals surface area contributed by atoms with Crippen molar-refractivity contribution < 1.29 is 13.2 Å². The first kappa shape index (κ1) is 12.0. The first-order valence-corrected chi connectivity index (χ1v) is 5.57. The Morgan fingerprint density at radius 1 is 1.00 bits per heavy atom. The smallest absolute Gasteiger partial charge is 0.232 e. The number of halogens is 3. The fraction of sp³-hybridized carbons (Fsp3) is 0.462. The van der Waals surface area contributed by atoms with Crippen molar-refractivity contribution in [3.8, 4) is 6.07 Å². The van der Waals surface area contributed by atoms with Crippen LogP contribution in [0, 0.1) is 11.3 Å². The summed E-state index contributed by atoms with van der Waals surface area (Å²) in [5, 5.41) is 8.61. The van der Waals surface area contributed by atoms with Gasteiger partial charge in [0.15, 0.2) is 5.67 Å². The second-order valence-corrected chi connectivity index (χ2v) is 4.40. The van der Waals surface area contributed by atoms with Crippen LogP contribution in [-0.4, -0.2) is 5.92 Å². The Bertz CT molecular complexity index is 447. The van der Waals surface area contributed by atoms with Crippen molar-refractivity contribution >= 4 is 0 Å². The van der Waals surface area contributed by atoms with Gasteiger partial charge in [-0.2, -0.15) is 5.26 Å². The number of hydrogen-bond donors (Lipinski definition) is 0. The van der Waals surface area contributed by atoms with Crippen LogP contribution in [0.15, 0.2) is 24.3 Å².